The molecule has 6 nitrogen and oxygen atoms in total. The van der Waals surface area contributed by atoms with Crippen molar-refractivity contribution in [2.45, 2.75) is 44.5 Å². The molecule has 2 aliphatic heterocycles. The SMILES string of the molecule is CCCN(CCOC)C(=O)[C@H]1C[C@@]2(CO1)c1ccccc1CN2Cc1cccc(OC)c1. The van der Waals surface area contributed by atoms with Crippen LogP contribution in [-0.2, 0) is 32.9 Å². The fourth-order valence-corrected chi connectivity index (χ4v) is 5.07. The van der Waals surface area contributed by atoms with E-state index in [1.54, 1.807) is 14.2 Å². The summed E-state index contributed by atoms with van der Waals surface area (Å²) in [6.07, 6.45) is 1.15. The minimum Gasteiger partial charge on any atom is -0.497 e. The first kappa shape index (κ1) is 22.8. The normalized spacial score (nSPS) is 22.3. The van der Waals surface area contributed by atoms with Crippen molar-refractivity contribution in [1.82, 2.24) is 9.80 Å². The molecular formula is C26H34N2O4. The van der Waals surface area contributed by atoms with Crippen LogP contribution in [0.4, 0.5) is 0 Å². The number of hydrogen-bond donors (Lipinski definition) is 0. The van der Waals surface area contributed by atoms with Gasteiger partial charge in [0.05, 0.1) is 25.9 Å². The van der Waals surface area contributed by atoms with Crippen molar-refractivity contribution >= 4 is 5.91 Å². The lowest BCUT2D eigenvalue weighted by Crippen LogP contribution is -2.44. The second-order valence-electron chi connectivity index (χ2n) is 8.72. The molecule has 172 valence electrons. The molecule has 1 saturated heterocycles. The zero-order valence-electron chi connectivity index (χ0n) is 19.4. The minimum atomic E-state index is -0.433. The highest BCUT2D eigenvalue weighted by Crippen LogP contribution is 2.47. The summed E-state index contributed by atoms with van der Waals surface area (Å²) in [7, 11) is 3.36. The van der Waals surface area contributed by atoms with Gasteiger partial charge in [0.2, 0.25) is 0 Å². The van der Waals surface area contributed by atoms with Gasteiger partial charge < -0.3 is 19.1 Å². The van der Waals surface area contributed by atoms with E-state index in [1.807, 2.05) is 17.0 Å². The maximum Gasteiger partial charge on any atom is 0.251 e. The van der Waals surface area contributed by atoms with E-state index < -0.39 is 6.10 Å². The first-order valence-corrected chi connectivity index (χ1v) is 11.5. The van der Waals surface area contributed by atoms with Crippen molar-refractivity contribution in [2.24, 2.45) is 0 Å². The smallest absolute Gasteiger partial charge is 0.251 e. The average molecular weight is 439 g/mol. The van der Waals surface area contributed by atoms with Crippen LogP contribution in [0.5, 0.6) is 5.75 Å². The standard InChI is InChI=1S/C26H34N2O4/c1-4-12-27(13-14-30-2)25(29)24-16-26(19-32-24)23-11-6-5-9-21(23)18-28(26)17-20-8-7-10-22(15-20)31-3/h5-11,15,24H,4,12-14,16-19H2,1-3H3/t24-,26-/m1/s1. The van der Waals surface area contributed by atoms with Crippen LogP contribution >= 0.6 is 0 Å². The number of methoxy groups -OCH3 is 2. The Morgan fingerprint density at radius 3 is 2.81 bits per heavy atom. The zero-order chi connectivity index (χ0) is 22.6. The maximum absolute atomic E-state index is 13.4. The number of carbonyl (C=O) groups is 1. The van der Waals surface area contributed by atoms with Crippen molar-refractivity contribution in [1.29, 1.82) is 0 Å². The number of rotatable bonds is 9. The number of benzene rings is 2. The maximum atomic E-state index is 13.4. The van der Waals surface area contributed by atoms with E-state index >= 15 is 0 Å². The van der Waals surface area contributed by atoms with E-state index in [2.05, 4.69) is 48.2 Å². The summed E-state index contributed by atoms with van der Waals surface area (Å²) in [4.78, 5) is 17.7. The van der Waals surface area contributed by atoms with E-state index in [1.165, 1.54) is 16.7 Å². The molecule has 0 unspecified atom stereocenters. The number of fused-ring (bicyclic) bond motifs is 2. The van der Waals surface area contributed by atoms with Crippen molar-refractivity contribution in [3.05, 3.63) is 65.2 Å². The van der Waals surface area contributed by atoms with Crippen molar-refractivity contribution in [2.75, 3.05) is 40.5 Å². The highest BCUT2D eigenvalue weighted by Gasteiger charge is 2.52. The molecule has 1 amide bonds. The van der Waals surface area contributed by atoms with Crippen molar-refractivity contribution < 1.29 is 19.0 Å². The van der Waals surface area contributed by atoms with Gasteiger partial charge in [-0.1, -0.05) is 43.3 Å². The number of carbonyl (C=O) groups excluding carboxylic acids is 1. The van der Waals surface area contributed by atoms with Crippen LogP contribution in [0.15, 0.2) is 48.5 Å². The third-order valence-electron chi connectivity index (χ3n) is 6.69. The summed E-state index contributed by atoms with van der Waals surface area (Å²) >= 11 is 0. The molecule has 32 heavy (non-hydrogen) atoms. The van der Waals surface area contributed by atoms with Crippen molar-refractivity contribution in [3.63, 3.8) is 0 Å². The molecule has 1 fully saturated rings. The topological polar surface area (TPSA) is 51.2 Å². The lowest BCUT2D eigenvalue weighted by Gasteiger charge is -2.35. The highest BCUT2D eigenvalue weighted by molar-refractivity contribution is 5.81. The van der Waals surface area contributed by atoms with E-state index in [0.717, 1.165) is 31.8 Å². The molecule has 2 aromatic rings. The van der Waals surface area contributed by atoms with Gasteiger partial charge in [-0.15, -0.1) is 0 Å². The summed E-state index contributed by atoms with van der Waals surface area (Å²) in [5, 5.41) is 0. The number of nitrogens with zero attached hydrogens (tertiary/aromatic N) is 2. The molecule has 4 rings (SSSR count). The van der Waals surface area contributed by atoms with E-state index in [-0.39, 0.29) is 11.4 Å². The van der Waals surface area contributed by atoms with Gasteiger partial charge in [0.15, 0.2) is 0 Å². The second kappa shape index (κ2) is 10.0. The fraction of sp³-hybridized carbons (Fsp3) is 0.500. The van der Waals surface area contributed by atoms with E-state index in [9.17, 15) is 4.79 Å². The Balaban J connectivity index is 1.58. The van der Waals surface area contributed by atoms with Gasteiger partial charge in [-0.3, -0.25) is 9.69 Å². The van der Waals surface area contributed by atoms with Gasteiger partial charge in [0.1, 0.15) is 11.9 Å². The molecule has 0 bridgehead atoms. The molecule has 2 aromatic carbocycles. The molecule has 2 aliphatic rings. The number of ether oxygens (including phenoxy) is 3. The Hall–Kier alpha value is -2.41. The van der Waals surface area contributed by atoms with Crippen LogP contribution in [0, 0.1) is 0 Å². The summed E-state index contributed by atoms with van der Waals surface area (Å²) in [5.74, 6) is 0.934. The van der Waals surface area contributed by atoms with Gasteiger partial charge in [0.25, 0.3) is 5.91 Å². The van der Waals surface area contributed by atoms with Crippen LogP contribution in [-0.4, -0.2) is 62.3 Å². The second-order valence-corrected chi connectivity index (χ2v) is 8.72. The van der Waals surface area contributed by atoms with Crippen LogP contribution in [0.2, 0.25) is 0 Å². The summed E-state index contributed by atoms with van der Waals surface area (Å²) in [5.41, 5.74) is 3.51. The molecule has 6 heteroatoms. The van der Waals surface area contributed by atoms with E-state index in [0.29, 0.717) is 26.2 Å². The predicted octanol–water partition coefficient (Wildman–Crippen LogP) is 3.58. The number of amides is 1. The molecular weight excluding hydrogens is 404 g/mol. The molecule has 2 atom stereocenters. The Morgan fingerprint density at radius 1 is 1.19 bits per heavy atom. The van der Waals surface area contributed by atoms with Gasteiger partial charge in [0, 0.05) is 39.7 Å². The van der Waals surface area contributed by atoms with Gasteiger partial charge in [-0.05, 0) is 35.2 Å². The Morgan fingerprint density at radius 2 is 2.03 bits per heavy atom. The molecule has 0 aromatic heterocycles. The Kier molecular flexibility index (Phi) is 7.13. The molecule has 0 aliphatic carbocycles. The zero-order valence-corrected chi connectivity index (χ0v) is 19.4. The molecule has 0 N–H and O–H groups in total. The van der Waals surface area contributed by atoms with Crippen LogP contribution in [0.25, 0.3) is 0 Å². The Bertz CT molecular complexity index is 934. The molecule has 0 saturated carbocycles. The summed E-state index contributed by atoms with van der Waals surface area (Å²) < 4.78 is 16.9. The summed E-state index contributed by atoms with van der Waals surface area (Å²) in [6.45, 7) is 6.09. The van der Waals surface area contributed by atoms with Crippen LogP contribution in [0.1, 0.15) is 36.5 Å². The molecule has 2 heterocycles. The van der Waals surface area contributed by atoms with Gasteiger partial charge in [-0.25, -0.2) is 0 Å². The fourth-order valence-electron chi connectivity index (χ4n) is 5.07. The molecule has 1 spiro atoms. The lowest BCUT2D eigenvalue weighted by atomic mass is 9.86. The molecule has 0 radical (unpaired) electrons. The van der Waals surface area contributed by atoms with Crippen LogP contribution in [0.3, 0.4) is 0 Å². The monoisotopic (exact) mass is 438 g/mol. The number of hydrogen-bond acceptors (Lipinski definition) is 5. The Labute approximate surface area is 191 Å². The highest BCUT2D eigenvalue weighted by atomic mass is 16.5. The first-order valence-electron chi connectivity index (χ1n) is 11.5. The largest absolute Gasteiger partial charge is 0.497 e. The van der Waals surface area contributed by atoms with Crippen LogP contribution < -0.4 is 4.74 Å². The predicted molar refractivity (Wildman–Crippen MR) is 123 cm³/mol. The first-order chi connectivity index (χ1) is 15.6. The van der Waals surface area contributed by atoms with E-state index in [4.69, 9.17) is 14.2 Å². The third-order valence-corrected chi connectivity index (χ3v) is 6.69. The minimum absolute atomic E-state index is 0.0755. The summed E-state index contributed by atoms with van der Waals surface area (Å²) in [6, 6.07) is 16.8. The third kappa shape index (κ3) is 4.40. The van der Waals surface area contributed by atoms with Gasteiger partial charge >= 0.3 is 0 Å². The quantitative estimate of drug-likeness (QED) is 0.599. The average Bonchev–Trinajstić information content (AvgIpc) is 3.39. The van der Waals surface area contributed by atoms with Crippen molar-refractivity contribution in [3.8, 4) is 5.75 Å². The lowest BCUT2D eigenvalue weighted by molar-refractivity contribution is -0.141. The van der Waals surface area contributed by atoms with Gasteiger partial charge in [-0.2, -0.15) is 0 Å².